The number of aromatic nitrogens is 6. The first-order valence-electron chi connectivity index (χ1n) is 14.4. The number of nitrogen functional groups attached to an aromatic ring is 1. The molecule has 268 valence electrons. The van der Waals surface area contributed by atoms with E-state index in [0.717, 1.165) is 18.6 Å². The van der Waals surface area contributed by atoms with E-state index in [9.17, 15) is 23.5 Å². The van der Waals surface area contributed by atoms with Crippen molar-refractivity contribution in [2.75, 3.05) is 24.9 Å². The summed E-state index contributed by atoms with van der Waals surface area (Å²) in [4.78, 5) is 50.1. The molecular formula is C24H29F2N7O13P2S. The number of nitrogens with one attached hydrogen (secondary N) is 1. The molecule has 6 rings (SSSR count). The largest absolute Gasteiger partial charge is 0.509 e. The molecule has 2 bridgehead atoms. The predicted molar refractivity (Wildman–Crippen MR) is 162 cm³/mol. The van der Waals surface area contributed by atoms with Gasteiger partial charge in [-0.05, 0) is 13.8 Å². The molecule has 0 amide bonds. The van der Waals surface area contributed by atoms with Crippen LogP contribution < -0.4 is 17.0 Å². The molecule has 3 aromatic rings. The van der Waals surface area contributed by atoms with Crippen molar-refractivity contribution >= 4 is 49.6 Å². The molecule has 49 heavy (non-hydrogen) atoms. The fourth-order valence-corrected chi connectivity index (χ4v) is 8.74. The van der Waals surface area contributed by atoms with Gasteiger partial charge in [-0.25, -0.2) is 37.9 Å². The molecule has 0 spiro atoms. The molecule has 2 unspecified atom stereocenters. The lowest BCUT2D eigenvalue weighted by molar-refractivity contribution is -0.0569. The highest BCUT2D eigenvalue weighted by Gasteiger charge is 2.53. The average Bonchev–Trinajstić information content (AvgIpc) is 3.69. The van der Waals surface area contributed by atoms with Gasteiger partial charge in [-0.15, -0.1) is 0 Å². The van der Waals surface area contributed by atoms with Crippen LogP contribution in [0.15, 0.2) is 34.5 Å². The van der Waals surface area contributed by atoms with E-state index in [1.54, 1.807) is 13.8 Å². The molecule has 3 aromatic heterocycles. The van der Waals surface area contributed by atoms with Crippen LogP contribution in [0.25, 0.3) is 11.2 Å². The fraction of sp³-hybridized carbons (Fsp3) is 0.583. The van der Waals surface area contributed by atoms with Crippen molar-refractivity contribution in [1.29, 1.82) is 0 Å². The highest BCUT2D eigenvalue weighted by Crippen LogP contribution is 2.63. The zero-order valence-corrected chi connectivity index (χ0v) is 28.1. The summed E-state index contributed by atoms with van der Waals surface area (Å²) in [5.74, 6) is -0.671. The smallest absolute Gasteiger partial charge is 0.432 e. The Hall–Kier alpha value is -3.27. The fourth-order valence-electron chi connectivity index (χ4n) is 5.11. The number of H-pyrrole nitrogens is 1. The number of rotatable bonds is 6. The number of anilines is 1. The zero-order chi connectivity index (χ0) is 35.0. The van der Waals surface area contributed by atoms with Gasteiger partial charge < -0.3 is 29.2 Å². The Morgan fingerprint density at radius 2 is 1.92 bits per heavy atom. The van der Waals surface area contributed by atoms with E-state index in [4.69, 9.17) is 42.8 Å². The topological polar surface area (TPSA) is 250 Å². The molecule has 0 radical (unpaired) electrons. The van der Waals surface area contributed by atoms with Crippen molar-refractivity contribution in [2.24, 2.45) is 0 Å². The molecule has 3 aliphatic rings. The molecule has 0 aliphatic carbocycles. The first kappa shape index (κ1) is 35.6. The minimum atomic E-state index is -4.66. The number of ether oxygens (including phenoxy) is 4. The summed E-state index contributed by atoms with van der Waals surface area (Å²) in [6.45, 7) is -3.08. The van der Waals surface area contributed by atoms with Gasteiger partial charge in [0.25, 0.3) is 5.56 Å². The van der Waals surface area contributed by atoms with Crippen LogP contribution in [-0.4, -0.2) is 97.2 Å². The van der Waals surface area contributed by atoms with E-state index in [-0.39, 0.29) is 17.0 Å². The van der Waals surface area contributed by atoms with Crippen molar-refractivity contribution in [1.82, 2.24) is 29.1 Å². The van der Waals surface area contributed by atoms with Gasteiger partial charge in [0.2, 0.25) is 0 Å². The summed E-state index contributed by atoms with van der Waals surface area (Å²) in [7, 11) is -3.61. The standard InChI is InChI=1S/C24H29F2N7O13P2S/c1-10(2)42-24(36)39-9-49-48(38)41-6-11-14(25)18(22(43-11)33-8-30-16-19(27)28-7-29-20(16)33)45-47(37)40-5-12-17(46-48)15(26)21(44-12)32-4-3-13(34)31-23(32)35/h3-4,7-8,10-12,14-15,17-18,21-22,47H,5-6,9H2,1-2H3,(H2,27,28,29)(H,31,34,35)/t11-,12-,14-,15-,17-,18-,21-,22-,48?/m1/s1. The van der Waals surface area contributed by atoms with E-state index in [0.29, 0.717) is 15.9 Å². The summed E-state index contributed by atoms with van der Waals surface area (Å²) in [6, 6.07) is 0.941. The van der Waals surface area contributed by atoms with Gasteiger partial charge >= 0.3 is 26.9 Å². The first-order chi connectivity index (χ1) is 23.3. The summed E-state index contributed by atoms with van der Waals surface area (Å²) in [5, 5.41) is 0. The summed E-state index contributed by atoms with van der Waals surface area (Å²) in [6.07, 6.45) is -12.4. The molecule has 3 saturated heterocycles. The van der Waals surface area contributed by atoms with Crippen molar-refractivity contribution in [3.63, 3.8) is 0 Å². The Bertz CT molecular complexity index is 1880. The summed E-state index contributed by atoms with van der Waals surface area (Å²) < 4.78 is 105. The molecule has 20 nitrogen and oxygen atoms in total. The molecule has 3 aliphatic heterocycles. The Balaban J connectivity index is 1.31. The number of aromatic amines is 1. The van der Waals surface area contributed by atoms with E-state index in [1.165, 1.54) is 10.9 Å². The van der Waals surface area contributed by atoms with E-state index in [1.807, 2.05) is 4.98 Å². The molecule has 6 heterocycles. The maximum absolute atomic E-state index is 16.0. The van der Waals surface area contributed by atoms with Crippen LogP contribution in [0.2, 0.25) is 0 Å². The van der Waals surface area contributed by atoms with Gasteiger partial charge in [0.05, 0.1) is 25.6 Å². The van der Waals surface area contributed by atoms with Crippen molar-refractivity contribution < 1.29 is 59.7 Å². The monoisotopic (exact) mass is 755 g/mol. The van der Waals surface area contributed by atoms with Gasteiger partial charge in [-0.3, -0.25) is 37.0 Å². The highest BCUT2D eigenvalue weighted by molar-refractivity contribution is 8.55. The van der Waals surface area contributed by atoms with Gasteiger partial charge in [-0.2, -0.15) is 0 Å². The second-order valence-electron chi connectivity index (χ2n) is 10.9. The number of alkyl halides is 2. The van der Waals surface area contributed by atoms with Crippen LogP contribution in [0.5, 0.6) is 0 Å². The van der Waals surface area contributed by atoms with Crippen molar-refractivity contribution in [2.45, 2.75) is 69.2 Å². The predicted octanol–water partition coefficient (Wildman–Crippen LogP) is 2.00. The zero-order valence-electron chi connectivity index (χ0n) is 25.4. The molecule has 0 saturated carbocycles. The number of fused-ring (bicyclic) bond motifs is 4. The van der Waals surface area contributed by atoms with Gasteiger partial charge in [0.1, 0.15) is 36.3 Å². The molecule has 3 N–H and O–H groups in total. The third-order valence-electron chi connectivity index (χ3n) is 7.28. The maximum atomic E-state index is 16.0. The number of hydrogen-bond acceptors (Lipinski definition) is 18. The molecule has 3 fully saturated rings. The second-order valence-corrected chi connectivity index (χ2v) is 15.9. The maximum Gasteiger partial charge on any atom is 0.509 e. The van der Waals surface area contributed by atoms with Crippen LogP contribution in [0.1, 0.15) is 26.3 Å². The first-order valence-corrected chi connectivity index (χ1v) is 18.8. The number of halogens is 2. The number of nitrogens with two attached hydrogens (primary N) is 1. The lowest BCUT2D eigenvalue weighted by atomic mass is 10.1. The average molecular weight is 756 g/mol. The Morgan fingerprint density at radius 1 is 1.14 bits per heavy atom. The van der Waals surface area contributed by atoms with Crippen LogP contribution >= 0.6 is 26.4 Å². The van der Waals surface area contributed by atoms with E-state index in [2.05, 4.69) is 15.0 Å². The highest BCUT2D eigenvalue weighted by atomic mass is 32.7. The number of imidazole rings is 1. The lowest BCUT2D eigenvalue weighted by Crippen LogP contribution is -2.36. The summed E-state index contributed by atoms with van der Waals surface area (Å²) >= 11 is 0.292. The molecule has 0 aromatic carbocycles. The molecule has 10 atom stereocenters. The number of nitrogens with zero attached hydrogens (tertiary/aromatic N) is 5. The molecular weight excluding hydrogens is 726 g/mol. The lowest BCUT2D eigenvalue weighted by Gasteiger charge is -2.26. The van der Waals surface area contributed by atoms with E-state index >= 15 is 8.78 Å². The van der Waals surface area contributed by atoms with Crippen LogP contribution in [0, 0.1) is 0 Å². The number of carbonyl (C=O) groups excluding carboxylic acids is 1. The third kappa shape index (κ3) is 7.59. The second kappa shape index (κ2) is 14.5. The van der Waals surface area contributed by atoms with Gasteiger partial charge in [0.15, 0.2) is 42.2 Å². The van der Waals surface area contributed by atoms with Crippen molar-refractivity contribution in [3.8, 4) is 0 Å². The van der Waals surface area contributed by atoms with Gasteiger partial charge in [0, 0.05) is 23.6 Å². The quantitative estimate of drug-likeness (QED) is 0.207. The molecule has 25 heteroatoms. The Morgan fingerprint density at radius 3 is 2.67 bits per heavy atom. The Kier molecular flexibility index (Phi) is 10.5. The van der Waals surface area contributed by atoms with Crippen LogP contribution in [-0.2, 0) is 46.2 Å². The van der Waals surface area contributed by atoms with Gasteiger partial charge in [-0.1, -0.05) is 0 Å². The summed E-state index contributed by atoms with van der Waals surface area (Å²) in [5.41, 5.74) is 4.35. The SMILES string of the molecule is CC(C)OC(=O)OCSP1(=O)OC[C@H]2O[C@@H](n3cnc4c(N)ncnc43)[C@H](O[PH](=O)OC[C@H]3O[C@@H](n4ccc(=O)[nH]c4=O)[C@H](F)[C@@H]3O1)[C@@H]2F. The van der Waals surface area contributed by atoms with Crippen LogP contribution in [0.3, 0.4) is 0 Å². The van der Waals surface area contributed by atoms with Crippen molar-refractivity contribution in [3.05, 3.63) is 45.8 Å². The number of hydrogen-bond donors (Lipinski definition) is 2. The minimum absolute atomic E-state index is 0.0178. The van der Waals surface area contributed by atoms with Crippen LogP contribution in [0.4, 0.5) is 19.4 Å². The van der Waals surface area contributed by atoms with E-state index < -0.39 is 107 Å². The Labute approximate surface area is 278 Å². The normalized spacial score (nSPS) is 33.8. The minimum Gasteiger partial charge on any atom is -0.432 e. The number of carbonyl (C=O) groups is 1. The third-order valence-corrected chi connectivity index (χ3v) is 11.5.